The normalized spacial score (nSPS) is 10.5. The Morgan fingerprint density at radius 2 is 2.12 bits per heavy atom. The van der Waals surface area contributed by atoms with Gasteiger partial charge >= 0.3 is 5.97 Å². The summed E-state index contributed by atoms with van der Waals surface area (Å²) in [4.78, 5) is 26.4. The topological polar surface area (TPSA) is 110 Å². The molecule has 0 fully saturated rings. The Morgan fingerprint density at radius 1 is 1.31 bits per heavy atom. The molecule has 2 rings (SSSR count). The van der Waals surface area contributed by atoms with Gasteiger partial charge in [0.2, 0.25) is 0 Å². The first-order chi connectivity index (χ1) is 12.5. The van der Waals surface area contributed by atoms with Gasteiger partial charge in [0.25, 0.3) is 5.91 Å². The highest BCUT2D eigenvalue weighted by molar-refractivity contribution is 6.32. The molecule has 26 heavy (non-hydrogen) atoms. The third-order valence-corrected chi connectivity index (χ3v) is 3.30. The van der Waals surface area contributed by atoms with E-state index in [2.05, 4.69) is 15.5 Å². The Labute approximate surface area is 154 Å². The summed E-state index contributed by atoms with van der Waals surface area (Å²) in [5.74, 6) is -0.905. The number of nitrogens with zero attached hydrogens (tertiary/aromatic N) is 2. The summed E-state index contributed by atoms with van der Waals surface area (Å²) in [6, 6.07) is 7.95. The van der Waals surface area contributed by atoms with Crippen molar-refractivity contribution >= 4 is 29.7 Å². The maximum atomic E-state index is 12.0. The van der Waals surface area contributed by atoms with Crippen molar-refractivity contribution in [1.29, 1.82) is 0 Å². The minimum atomic E-state index is -1.09. The minimum absolute atomic E-state index is 0.0822. The summed E-state index contributed by atoms with van der Waals surface area (Å²) in [5, 5.41) is 12.6. The predicted molar refractivity (Wildman–Crippen MR) is 95.0 cm³/mol. The molecule has 1 aromatic heterocycles. The molecule has 0 unspecified atom stereocenters. The van der Waals surface area contributed by atoms with E-state index in [1.807, 2.05) is 0 Å². The third kappa shape index (κ3) is 5.45. The second-order valence-corrected chi connectivity index (χ2v) is 5.22. The van der Waals surface area contributed by atoms with E-state index in [4.69, 9.17) is 26.2 Å². The number of carboxylic acid groups (broad SMARTS) is 1. The number of ether oxygens (including phenoxy) is 2. The van der Waals surface area contributed by atoms with E-state index in [9.17, 15) is 9.59 Å². The number of aromatic nitrogens is 1. The lowest BCUT2D eigenvalue weighted by atomic mass is 10.2. The molecule has 0 radical (unpaired) electrons. The fourth-order valence-corrected chi connectivity index (χ4v) is 2.12. The minimum Gasteiger partial charge on any atom is -0.490 e. The lowest BCUT2D eigenvalue weighted by Gasteiger charge is -2.11. The van der Waals surface area contributed by atoms with Gasteiger partial charge in [0.05, 0.1) is 18.4 Å². The van der Waals surface area contributed by atoms with Gasteiger partial charge in [-0.25, -0.2) is 15.2 Å². The maximum absolute atomic E-state index is 12.0. The van der Waals surface area contributed by atoms with E-state index in [0.29, 0.717) is 23.7 Å². The molecule has 8 nitrogen and oxygen atoms in total. The number of halogens is 1. The number of hydrogen-bond acceptors (Lipinski definition) is 6. The van der Waals surface area contributed by atoms with Crippen molar-refractivity contribution in [3.8, 4) is 11.5 Å². The van der Waals surface area contributed by atoms with Crippen LogP contribution in [0.15, 0.2) is 41.6 Å². The number of carbonyl (C=O) groups is 2. The third-order valence-electron chi connectivity index (χ3n) is 3.00. The SMILES string of the molecule is CCOc1cc(C=NNC(=O)c2cccnc2Cl)ccc1OCC(=O)O. The summed E-state index contributed by atoms with van der Waals surface area (Å²) in [6.07, 6.45) is 2.89. The van der Waals surface area contributed by atoms with Gasteiger partial charge < -0.3 is 14.6 Å². The molecule has 0 bridgehead atoms. The zero-order chi connectivity index (χ0) is 18.9. The summed E-state index contributed by atoms with van der Waals surface area (Å²) in [6.45, 7) is 1.69. The molecule has 0 saturated heterocycles. The van der Waals surface area contributed by atoms with E-state index < -0.39 is 18.5 Å². The zero-order valence-corrected chi connectivity index (χ0v) is 14.6. The van der Waals surface area contributed by atoms with Crippen LogP contribution in [0.3, 0.4) is 0 Å². The van der Waals surface area contributed by atoms with E-state index in [-0.39, 0.29) is 10.7 Å². The number of aliphatic carboxylic acids is 1. The average molecular weight is 378 g/mol. The largest absolute Gasteiger partial charge is 0.490 e. The summed E-state index contributed by atoms with van der Waals surface area (Å²) >= 11 is 5.84. The van der Waals surface area contributed by atoms with Gasteiger partial charge in [-0.2, -0.15) is 5.10 Å². The Morgan fingerprint density at radius 3 is 2.81 bits per heavy atom. The summed E-state index contributed by atoms with van der Waals surface area (Å²) < 4.78 is 10.6. The summed E-state index contributed by atoms with van der Waals surface area (Å²) in [5.41, 5.74) is 3.18. The van der Waals surface area contributed by atoms with Gasteiger partial charge in [-0.3, -0.25) is 4.79 Å². The van der Waals surface area contributed by atoms with Crippen LogP contribution in [-0.2, 0) is 4.79 Å². The van der Waals surface area contributed by atoms with Crippen molar-refractivity contribution in [2.45, 2.75) is 6.92 Å². The van der Waals surface area contributed by atoms with Crippen LogP contribution in [0.5, 0.6) is 11.5 Å². The van der Waals surface area contributed by atoms with Crippen molar-refractivity contribution < 1.29 is 24.2 Å². The molecular weight excluding hydrogens is 362 g/mol. The second kappa shape index (κ2) is 9.38. The van der Waals surface area contributed by atoms with Crippen molar-refractivity contribution in [1.82, 2.24) is 10.4 Å². The predicted octanol–water partition coefficient (Wildman–Crippen LogP) is 2.36. The highest BCUT2D eigenvalue weighted by Gasteiger charge is 2.10. The number of hydrogen-bond donors (Lipinski definition) is 2. The lowest BCUT2D eigenvalue weighted by Crippen LogP contribution is -2.18. The molecule has 136 valence electrons. The van der Waals surface area contributed by atoms with Gasteiger partial charge in [0, 0.05) is 6.20 Å². The van der Waals surface area contributed by atoms with E-state index in [1.54, 1.807) is 31.2 Å². The number of benzene rings is 1. The molecule has 0 aliphatic carbocycles. The molecule has 1 aromatic carbocycles. The first kappa shape index (κ1) is 19.2. The quantitative estimate of drug-likeness (QED) is 0.415. The van der Waals surface area contributed by atoms with E-state index in [0.717, 1.165) is 0 Å². The van der Waals surface area contributed by atoms with Crippen molar-refractivity contribution in [2.24, 2.45) is 5.10 Å². The fourth-order valence-electron chi connectivity index (χ4n) is 1.91. The monoisotopic (exact) mass is 377 g/mol. The van der Waals surface area contributed by atoms with E-state index >= 15 is 0 Å². The maximum Gasteiger partial charge on any atom is 0.341 e. The Kier molecular flexibility index (Phi) is 6.92. The number of nitrogens with one attached hydrogen (secondary N) is 1. The molecule has 0 atom stereocenters. The molecule has 0 saturated carbocycles. The number of amides is 1. The van der Waals surface area contributed by atoms with Crippen LogP contribution in [0, 0.1) is 0 Å². The van der Waals surface area contributed by atoms with Crippen LogP contribution in [0.4, 0.5) is 0 Å². The van der Waals surface area contributed by atoms with Gasteiger partial charge in [0.15, 0.2) is 18.1 Å². The molecule has 9 heteroatoms. The van der Waals surface area contributed by atoms with Crippen molar-refractivity contribution in [3.05, 3.63) is 52.8 Å². The Balaban J connectivity index is 2.07. The van der Waals surface area contributed by atoms with Gasteiger partial charge in [-0.05, 0) is 42.8 Å². The highest BCUT2D eigenvalue weighted by Crippen LogP contribution is 2.28. The van der Waals surface area contributed by atoms with Gasteiger partial charge in [-0.1, -0.05) is 11.6 Å². The van der Waals surface area contributed by atoms with Gasteiger partial charge in [0.1, 0.15) is 5.15 Å². The highest BCUT2D eigenvalue weighted by atomic mass is 35.5. The Hall–Kier alpha value is -3.13. The molecule has 2 aromatic rings. The molecule has 0 aliphatic rings. The van der Waals surface area contributed by atoms with Crippen molar-refractivity contribution in [3.63, 3.8) is 0 Å². The molecule has 1 amide bonds. The van der Waals surface area contributed by atoms with E-state index in [1.165, 1.54) is 18.5 Å². The number of rotatable bonds is 8. The van der Waals surface area contributed by atoms with Crippen LogP contribution in [0.25, 0.3) is 0 Å². The number of carboxylic acids is 1. The standard InChI is InChI=1S/C17H16ClN3O5/c1-2-25-14-8-11(5-6-13(14)26-10-15(22)23)9-20-21-17(24)12-4-3-7-19-16(12)18/h3-9H,2,10H2,1H3,(H,21,24)(H,22,23). The zero-order valence-electron chi connectivity index (χ0n) is 13.8. The van der Waals surface area contributed by atoms with Crippen molar-refractivity contribution in [2.75, 3.05) is 13.2 Å². The first-order valence-electron chi connectivity index (χ1n) is 7.56. The average Bonchev–Trinajstić information content (AvgIpc) is 2.61. The molecule has 2 N–H and O–H groups in total. The van der Waals surface area contributed by atoms with Crippen LogP contribution >= 0.6 is 11.6 Å². The van der Waals surface area contributed by atoms with Gasteiger partial charge in [-0.15, -0.1) is 0 Å². The fraction of sp³-hybridized carbons (Fsp3) is 0.176. The molecular formula is C17H16ClN3O5. The van der Waals surface area contributed by atoms with Crippen LogP contribution in [0.1, 0.15) is 22.8 Å². The van der Waals surface area contributed by atoms with Crippen LogP contribution in [-0.4, -0.2) is 41.4 Å². The smallest absolute Gasteiger partial charge is 0.341 e. The van der Waals surface area contributed by atoms with Crippen LogP contribution in [0.2, 0.25) is 5.15 Å². The molecule has 0 spiro atoms. The Bertz CT molecular complexity index is 826. The summed E-state index contributed by atoms with van der Waals surface area (Å²) in [7, 11) is 0. The second-order valence-electron chi connectivity index (χ2n) is 4.86. The van der Waals surface area contributed by atoms with Crippen LogP contribution < -0.4 is 14.9 Å². The number of hydrazone groups is 1. The number of pyridine rings is 1. The first-order valence-corrected chi connectivity index (χ1v) is 7.94. The molecule has 1 heterocycles. The lowest BCUT2D eigenvalue weighted by molar-refractivity contribution is -0.139. The molecule has 0 aliphatic heterocycles. The number of carbonyl (C=O) groups excluding carboxylic acids is 1.